The molecule has 10 nitrogen and oxygen atoms in total. The third kappa shape index (κ3) is 8.57. The molecule has 0 atom stereocenters. The first-order chi connectivity index (χ1) is 22.5. The van der Waals surface area contributed by atoms with Gasteiger partial charge in [0.1, 0.15) is 24.7 Å². The number of nitrogens with zero attached hydrogens (tertiary/aromatic N) is 2. The Hall–Kier alpha value is -6.42. The van der Waals surface area contributed by atoms with Crippen LogP contribution in [0.1, 0.15) is 22.3 Å². The molecule has 0 unspecified atom stereocenters. The largest absolute Gasteiger partial charge is 0.505 e. The van der Waals surface area contributed by atoms with Crippen LogP contribution in [-0.2, 0) is 22.7 Å². The zero-order valence-corrected chi connectivity index (χ0v) is 24.5. The van der Waals surface area contributed by atoms with E-state index in [4.69, 9.17) is 9.47 Å². The van der Waals surface area contributed by atoms with Crippen LogP contribution in [-0.4, -0.2) is 34.8 Å². The molecule has 0 spiro atoms. The van der Waals surface area contributed by atoms with Crippen molar-refractivity contribution in [3.05, 3.63) is 144 Å². The summed E-state index contributed by atoms with van der Waals surface area (Å²) in [5.41, 5.74) is 3.69. The molecule has 0 bridgehead atoms. The smallest absolute Gasteiger partial charge is 0.412 e. The first kappa shape index (κ1) is 31.0. The number of para-hydroxylation sites is 4. The standard InChI is InChI=1S/C36H30N4O6/c41-33-27(15-9-19-31(33)39-35(43)45-23-25-11-3-1-4-12-25)21-37-29-17-7-8-18-30(29)38-22-28-16-10-20-32(34(28)42)40-36(44)46-24-26-13-5-2-6-14-26/h1-22,41-42H,23-24H2,(H,39,43)(H,40,44). The highest BCUT2D eigenvalue weighted by Gasteiger charge is 2.12. The summed E-state index contributed by atoms with van der Waals surface area (Å²) in [6, 6.07) is 35.3. The van der Waals surface area contributed by atoms with Crippen LogP contribution in [0.2, 0.25) is 0 Å². The van der Waals surface area contributed by atoms with Crippen molar-refractivity contribution >= 4 is 47.4 Å². The Balaban J connectivity index is 1.24. The fourth-order valence-electron chi connectivity index (χ4n) is 4.23. The van der Waals surface area contributed by atoms with E-state index in [0.717, 1.165) is 11.1 Å². The van der Waals surface area contributed by atoms with Gasteiger partial charge in [-0.05, 0) is 47.5 Å². The number of hydrogen-bond donors (Lipinski definition) is 4. The van der Waals surface area contributed by atoms with Crippen LogP contribution in [0.25, 0.3) is 0 Å². The number of aromatic hydroxyl groups is 2. The average molecular weight is 615 g/mol. The minimum Gasteiger partial charge on any atom is -0.505 e. The van der Waals surface area contributed by atoms with E-state index in [-0.39, 0.29) is 36.1 Å². The number of carbonyl (C=O) groups is 2. The summed E-state index contributed by atoms with van der Waals surface area (Å²) >= 11 is 0. The second-order valence-corrected chi connectivity index (χ2v) is 9.87. The first-order valence-electron chi connectivity index (χ1n) is 14.2. The Morgan fingerprint density at radius 1 is 0.543 bits per heavy atom. The van der Waals surface area contributed by atoms with E-state index in [1.807, 2.05) is 60.7 Å². The van der Waals surface area contributed by atoms with Crippen molar-refractivity contribution in [3.63, 3.8) is 0 Å². The Morgan fingerprint density at radius 3 is 1.35 bits per heavy atom. The highest BCUT2D eigenvalue weighted by atomic mass is 16.6. The second-order valence-electron chi connectivity index (χ2n) is 9.87. The van der Waals surface area contributed by atoms with Gasteiger partial charge in [0, 0.05) is 23.6 Å². The van der Waals surface area contributed by atoms with Gasteiger partial charge in [-0.1, -0.05) is 84.9 Å². The van der Waals surface area contributed by atoms with Crippen LogP contribution in [0.5, 0.6) is 11.5 Å². The van der Waals surface area contributed by atoms with Gasteiger partial charge in [-0.3, -0.25) is 20.6 Å². The molecule has 0 aliphatic rings. The van der Waals surface area contributed by atoms with E-state index in [0.29, 0.717) is 22.5 Å². The van der Waals surface area contributed by atoms with Gasteiger partial charge in [0.2, 0.25) is 0 Å². The van der Waals surface area contributed by atoms with Crippen LogP contribution in [0, 0.1) is 0 Å². The SMILES string of the molecule is O=C(Nc1cccc(C=Nc2ccccc2N=Cc2cccc(NC(=O)OCc3ccccc3)c2O)c1O)OCc1ccccc1. The lowest BCUT2D eigenvalue weighted by Crippen LogP contribution is -2.13. The van der Waals surface area contributed by atoms with Crippen LogP contribution in [0.4, 0.5) is 32.3 Å². The molecule has 5 rings (SSSR count). The molecule has 5 aromatic carbocycles. The maximum Gasteiger partial charge on any atom is 0.412 e. The molecule has 0 heterocycles. The number of rotatable bonds is 10. The molecule has 4 N–H and O–H groups in total. The van der Waals surface area contributed by atoms with E-state index in [2.05, 4.69) is 20.6 Å². The third-order valence-electron chi connectivity index (χ3n) is 6.60. The molecule has 230 valence electrons. The number of phenolic OH excluding ortho intramolecular Hbond substituents is 2. The van der Waals surface area contributed by atoms with Gasteiger partial charge >= 0.3 is 12.2 Å². The molecule has 0 aliphatic heterocycles. The average Bonchev–Trinajstić information content (AvgIpc) is 3.08. The van der Waals surface area contributed by atoms with Gasteiger partial charge in [-0.2, -0.15) is 0 Å². The molecule has 0 saturated heterocycles. The summed E-state index contributed by atoms with van der Waals surface area (Å²) in [7, 11) is 0. The predicted molar refractivity (Wildman–Crippen MR) is 178 cm³/mol. The van der Waals surface area contributed by atoms with Crippen molar-refractivity contribution in [3.8, 4) is 11.5 Å². The lowest BCUT2D eigenvalue weighted by Gasteiger charge is -2.10. The maximum atomic E-state index is 12.3. The highest BCUT2D eigenvalue weighted by molar-refractivity contribution is 5.95. The highest BCUT2D eigenvalue weighted by Crippen LogP contribution is 2.31. The van der Waals surface area contributed by atoms with Crippen molar-refractivity contribution in [1.82, 2.24) is 0 Å². The molecule has 0 saturated carbocycles. The van der Waals surface area contributed by atoms with Gasteiger partial charge in [0.25, 0.3) is 0 Å². The normalized spacial score (nSPS) is 11.0. The Kier molecular flexibility index (Phi) is 10.4. The number of amides is 2. The predicted octanol–water partition coefficient (Wildman–Crippen LogP) is 8.10. The first-order valence-corrected chi connectivity index (χ1v) is 14.2. The van der Waals surface area contributed by atoms with Gasteiger partial charge < -0.3 is 19.7 Å². The van der Waals surface area contributed by atoms with Gasteiger partial charge in [-0.25, -0.2) is 9.59 Å². The Labute approximate surface area is 265 Å². The summed E-state index contributed by atoms with van der Waals surface area (Å²) in [6.45, 7) is 0.178. The topological polar surface area (TPSA) is 142 Å². The molecule has 5 aromatic rings. The third-order valence-corrected chi connectivity index (χ3v) is 6.60. The molecule has 0 fully saturated rings. The number of aliphatic imine (C=N–C) groups is 2. The number of hydrogen-bond acceptors (Lipinski definition) is 8. The molecule has 0 aliphatic carbocycles. The van der Waals surface area contributed by atoms with Crippen molar-refractivity contribution < 1.29 is 29.3 Å². The lowest BCUT2D eigenvalue weighted by molar-refractivity contribution is 0.154. The molecular formula is C36H30N4O6. The van der Waals surface area contributed by atoms with Crippen molar-refractivity contribution in [1.29, 1.82) is 0 Å². The fraction of sp³-hybridized carbons (Fsp3) is 0.0556. The minimum atomic E-state index is -0.709. The number of phenols is 2. The Morgan fingerprint density at radius 2 is 0.935 bits per heavy atom. The van der Waals surface area contributed by atoms with E-state index in [1.165, 1.54) is 12.4 Å². The summed E-state index contributed by atoms with van der Waals surface area (Å²) in [4.78, 5) is 33.6. The van der Waals surface area contributed by atoms with Gasteiger partial charge in [-0.15, -0.1) is 0 Å². The second kappa shape index (κ2) is 15.3. The number of anilines is 2. The monoisotopic (exact) mass is 614 g/mol. The number of carbonyl (C=O) groups excluding carboxylic acids is 2. The molecule has 2 amide bonds. The van der Waals surface area contributed by atoms with E-state index >= 15 is 0 Å². The van der Waals surface area contributed by atoms with Crippen molar-refractivity contribution in [2.45, 2.75) is 13.2 Å². The molecule has 0 radical (unpaired) electrons. The molecular weight excluding hydrogens is 584 g/mol. The molecule has 46 heavy (non-hydrogen) atoms. The Bertz CT molecular complexity index is 1720. The lowest BCUT2D eigenvalue weighted by atomic mass is 10.1. The number of ether oxygens (including phenoxy) is 2. The molecule has 10 heteroatoms. The van der Waals surface area contributed by atoms with Crippen molar-refractivity contribution in [2.24, 2.45) is 9.98 Å². The van der Waals surface area contributed by atoms with Crippen LogP contribution < -0.4 is 10.6 Å². The fourth-order valence-corrected chi connectivity index (χ4v) is 4.23. The summed E-state index contributed by atoms with van der Waals surface area (Å²) in [6.07, 6.45) is 1.49. The summed E-state index contributed by atoms with van der Waals surface area (Å²) < 4.78 is 10.5. The van der Waals surface area contributed by atoms with E-state index in [9.17, 15) is 19.8 Å². The van der Waals surface area contributed by atoms with Gasteiger partial charge in [0.15, 0.2) is 0 Å². The minimum absolute atomic E-state index is 0.0890. The van der Waals surface area contributed by atoms with E-state index in [1.54, 1.807) is 60.7 Å². The maximum absolute atomic E-state index is 12.3. The zero-order valence-electron chi connectivity index (χ0n) is 24.5. The summed E-state index contributed by atoms with van der Waals surface area (Å²) in [5.74, 6) is -0.360. The van der Waals surface area contributed by atoms with E-state index < -0.39 is 12.2 Å². The van der Waals surface area contributed by atoms with Gasteiger partial charge in [0.05, 0.1) is 22.7 Å². The quantitative estimate of drug-likeness (QED) is 0.0925. The van der Waals surface area contributed by atoms with Crippen molar-refractivity contribution in [2.75, 3.05) is 10.6 Å². The van der Waals surface area contributed by atoms with Crippen LogP contribution in [0.15, 0.2) is 131 Å². The summed E-state index contributed by atoms with van der Waals surface area (Å²) in [5, 5.41) is 26.7. The number of nitrogens with one attached hydrogen (secondary N) is 2. The number of benzene rings is 5. The van der Waals surface area contributed by atoms with Crippen LogP contribution in [0.3, 0.4) is 0 Å². The molecule has 0 aromatic heterocycles. The van der Waals surface area contributed by atoms with Crippen LogP contribution >= 0.6 is 0 Å². The zero-order chi connectivity index (χ0) is 32.1.